The van der Waals surface area contributed by atoms with Gasteiger partial charge < -0.3 is 9.64 Å². The van der Waals surface area contributed by atoms with E-state index in [0.29, 0.717) is 18.5 Å². The van der Waals surface area contributed by atoms with Crippen molar-refractivity contribution in [3.05, 3.63) is 24.8 Å². The Bertz CT molecular complexity index is 536. The second kappa shape index (κ2) is 5.85. The van der Waals surface area contributed by atoms with Gasteiger partial charge in [-0.1, -0.05) is 5.21 Å². The first kappa shape index (κ1) is 12.8. The van der Waals surface area contributed by atoms with Crippen molar-refractivity contribution in [3.63, 3.8) is 0 Å². The predicted octanol–water partition coefficient (Wildman–Crippen LogP) is 1.31. The maximum Gasteiger partial charge on any atom is 0.218 e. The normalized spacial score (nSPS) is 16.4. The molecule has 0 spiro atoms. The molecule has 3 heterocycles. The number of nitrogens with zero attached hydrogens (tertiary/aromatic N) is 6. The zero-order valence-electron chi connectivity index (χ0n) is 11.5. The lowest BCUT2D eigenvalue weighted by atomic mass is 10.1. The lowest BCUT2D eigenvalue weighted by Gasteiger charge is -2.32. The maximum atomic E-state index is 5.42. The van der Waals surface area contributed by atoms with Crippen LogP contribution < -0.4 is 9.64 Å². The van der Waals surface area contributed by atoms with Crippen LogP contribution in [0, 0.1) is 0 Å². The van der Waals surface area contributed by atoms with E-state index < -0.39 is 0 Å². The summed E-state index contributed by atoms with van der Waals surface area (Å²) in [6, 6.07) is 2.33. The Hall–Kier alpha value is -2.18. The third-order valence-corrected chi connectivity index (χ3v) is 3.52. The largest absolute Gasteiger partial charge is 0.478 e. The van der Waals surface area contributed by atoms with Crippen LogP contribution in [0.4, 0.5) is 5.82 Å². The number of aromatic nitrogens is 5. The second-order valence-electron chi connectivity index (χ2n) is 4.75. The summed E-state index contributed by atoms with van der Waals surface area (Å²) in [4.78, 5) is 10.7. The minimum Gasteiger partial charge on any atom is -0.478 e. The first-order chi connectivity index (χ1) is 9.86. The number of hydrogen-bond acceptors (Lipinski definition) is 6. The lowest BCUT2D eigenvalue weighted by Crippen LogP contribution is -2.35. The third kappa shape index (κ3) is 2.71. The molecule has 7 heteroatoms. The number of rotatable bonds is 4. The molecule has 0 aliphatic carbocycles. The highest BCUT2D eigenvalue weighted by molar-refractivity contribution is 5.41. The summed E-state index contributed by atoms with van der Waals surface area (Å²) in [5.74, 6) is 1.57. The Morgan fingerprint density at radius 2 is 2.15 bits per heavy atom. The molecule has 1 aliphatic heterocycles. The van der Waals surface area contributed by atoms with E-state index in [2.05, 4.69) is 25.2 Å². The zero-order chi connectivity index (χ0) is 13.8. The number of ether oxygens (including phenoxy) is 1. The van der Waals surface area contributed by atoms with Gasteiger partial charge in [0.05, 0.1) is 18.8 Å². The van der Waals surface area contributed by atoms with Crippen molar-refractivity contribution in [2.24, 2.45) is 0 Å². The second-order valence-corrected chi connectivity index (χ2v) is 4.75. The van der Waals surface area contributed by atoms with Crippen molar-refractivity contribution in [2.45, 2.75) is 25.8 Å². The van der Waals surface area contributed by atoms with Crippen molar-refractivity contribution >= 4 is 5.82 Å². The van der Waals surface area contributed by atoms with Crippen LogP contribution >= 0.6 is 0 Å². The third-order valence-electron chi connectivity index (χ3n) is 3.52. The topological polar surface area (TPSA) is 69.0 Å². The van der Waals surface area contributed by atoms with Gasteiger partial charge in [0.1, 0.15) is 12.1 Å². The first-order valence-corrected chi connectivity index (χ1v) is 6.92. The lowest BCUT2D eigenvalue weighted by molar-refractivity contribution is 0.325. The number of anilines is 1. The Morgan fingerprint density at radius 3 is 2.85 bits per heavy atom. The summed E-state index contributed by atoms with van der Waals surface area (Å²) >= 11 is 0. The fourth-order valence-corrected chi connectivity index (χ4v) is 2.50. The molecular formula is C13H18N6O. The van der Waals surface area contributed by atoms with E-state index >= 15 is 0 Å². The minimum atomic E-state index is 0.432. The molecule has 1 saturated heterocycles. The molecule has 0 unspecified atom stereocenters. The average molecular weight is 274 g/mol. The summed E-state index contributed by atoms with van der Waals surface area (Å²) in [6.07, 6.45) is 7.29. The highest BCUT2D eigenvalue weighted by atomic mass is 16.5. The molecule has 0 bridgehead atoms. The van der Waals surface area contributed by atoms with Crippen molar-refractivity contribution in [3.8, 4) is 5.88 Å². The fourth-order valence-electron chi connectivity index (χ4n) is 2.50. The van der Waals surface area contributed by atoms with Gasteiger partial charge >= 0.3 is 0 Å². The van der Waals surface area contributed by atoms with Crippen LogP contribution in [-0.2, 0) is 0 Å². The molecule has 0 saturated carbocycles. The Kier molecular flexibility index (Phi) is 3.76. The molecule has 7 nitrogen and oxygen atoms in total. The van der Waals surface area contributed by atoms with Gasteiger partial charge in [-0.2, -0.15) is 0 Å². The Labute approximate surface area is 117 Å². The standard InChI is InChI=1S/C13H18N6O/c1-2-20-13-9-12(14-10-15-13)18-6-3-11(4-7-18)19-8-5-16-17-19/h5,8-11H,2-4,6-7H2,1H3. The maximum absolute atomic E-state index is 5.42. The molecule has 2 aromatic rings. The Balaban J connectivity index is 1.64. The van der Waals surface area contributed by atoms with Crippen LogP contribution in [0.15, 0.2) is 24.8 Å². The summed E-state index contributed by atoms with van der Waals surface area (Å²) in [5, 5.41) is 7.95. The molecule has 106 valence electrons. The van der Waals surface area contributed by atoms with Gasteiger partial charge in [0.2, 0.25) is 5.88 Å². The summed E-state index contributed by atoms with van der Waals surface area (Å²) in [7, 11) is 0. The van der Waals surface area contributed by atoms with Gasteiger partial charge in [-0.15, -0.1) is 5.10 Å². The van der Waals surface area contributed by atoms with Crippen molar-refractivity contribution in [1.82, 2.24) is 25.0 Å². The average Bonchev–Trinajstić information content (AvgIpc) is 3.02. The quantitative estimate of drug-likeness (QED) is 0.837. The first-order valence-electron chi connectivity index (χ1n) is 6.92. The van der Waals surface area contributed by atoms with Crippen molar-refractivity contribution < 1.29 is 4.74 Å². The van der Waals surface area contributed by atoms with E-state index in [9.17, 15) is 0 Å². The van der Waals surface area contributed by atoms with E-state index in [1.54, 1.807) is 12.5 Å². The highest BCUT2D eigenvalue weighted by Crippen LogP contribution is 2.25. The predicted molar refractivity (Wildman–Crippen MR) is 73.7 cm³/mol. The summed E-state index contributed by atoms with van der Waals surface area (Å²) in [6.45, 7) is 4.47. The van der Waals surface area contributed by atoms with Gasteiger partial charge in [-0.05, 0) is 19.8 Å². The van der Waals surface area contributed by atoms with Crippen LogP contribution in [0.1, 0.15) is 25.8 Å². The van der Waals surface area contributed by atoms with E-state index in [0.717, 1.165) is 31.7 Å². The molecule has 0 amide bonds. The van der Waals surface area contributed by atoms with Gasteiger partial charge in [0.25, 0.3) is 0 Å². The SMILES string of the molecule is CCOc1cc(N2CCC(n3ccnn3)CC2)ncn1. The van der Waals surface area contributed by atoms with Gasteiger partial charge in [-0.25, -0.2) is 14.6 Å². The molecule has 0 atom stereocenters. The van der Waals surface area contributed by atoms with Crippen molar-refractivity contribution in [2.75, 3.05) is 24.6 Å². The molecule has 0 aromatic carbocycles. The van der Waals surface area contributed by atoms with Crippen LogP contribution in [0.2, 0.25) is 0 Å². The minimum absolute atomic E-state index is 0.432. The van der Waals surface area contributed by atoms with E-state index in [-0.39, 0.29) is 0 Å². The number of piperidine rings is 1. The molecule has 0 radical (unpaired) electrons. The summed E-state index contributed by atoms with van der Waals surface area (Å²) < 4.78 is 7.36. The van der Waals surface area contributed by atoms with E-state index in [4.69, 9.17) is 4.74 Å². The molecule has 2 aromatic heterocycles. The van der Waals surface area contributed by atoms with E-state index in [1.165, 1.54) is 0 Å². The highest BCUT2D eigenvalue weighted by Gasteiger charge is 2.22. The van der Waals surface area contributed by atoms with Gasteiger partial charge in [0.15, 0.2) is 0 Å². The van der Waals surface area contributed by atoms with Crippen molar-refractivity contribution in [1.29, 1.82) is 0 Å². The fraction of sp³-hybridized carbons (Fsp3) is 0.538. The van der Waals surface area contributed by atoms with Crippen LogP contribution in [-0.4, -0.2) is 44.7 Å². The van der Waals surface area contributed by atoms with Gasteiger partial charge in [-0.3, -0.25) is 0 Å². The smallest absolute Gasteiger partial charge is 0.218 e. The summed E-state index contributed by atoms with van der Waals surface area (Å²) in [5.41, 5.74) is 0. The molecular weight excluding hydrogens is 256 g/mol. The molecule has 3 rings (SSSR count). The van der Waals surface area contributed by atoms with Crippen LogP contribution in [0.25, 0.3) is 0 Å². The van der Waals surface area contributed by atoms with Crippen LogP contribution in [0.5, 0.6) is 5.88 Å². The van der Waals surface area contributed by atoms with Gasteiger partial charge in [0, 0.05) is 25.4 Å². The Morgan fingerprint density at radius 1 is 1.30 bits per heavy atom. The molecule has 1 aliphatic rings. The monoisotopic (exact) mass is 274 g/mol. The zero-order valence-corrected chi connectivity index (χ0v) is 11.5. The number of hydrogen-bond donors (Lipinski definition) is 0. The molecule has 20 heavy (non-hydrogen) atoms. The molecule has 1 fully saturated rings. The molecule has 0 N–H and O–H groups in total. The van der Waals surface area contributed by atoms with Crippen LogP contribution in [0.3, 0.4) is 0 Å². The van der Waals surface area contributed by atoms with E-state index in [1.807, 2.05) is 23.9 Å².